The summed E-state index contributed by atoms with van der Waals surface area (Å²) < 4.78 is 6.77. The number of hydrogen-bond acceptors (Lipinski definition) is 3. The van der Waals surface area contributed by atoms with Gasteiger partial charge in [0, 0.05) is 27.8 Å². The first-order valence-corrected chi connectivity index (χ1v) is 21.2. The van der Waals surface area contributed by atoms with Crippen LogP contribution in [0.15, 0.2) is 218 Å². The number of ether oxygens (including phenoxy) is 1. The SMILES string of the molecule is c1ccc(-c2nc(-c3cccc(-c4ccc5c6ccccc6c6ccccc6c5c4)c3)cc(-c3ccc4c(c3)C3(c5ccccc5O4)c4ccccc4-c4ccccc43)n2)cc1. The van der Waals surface area contributed by atoms with Crippen LogP contribution in [0.1, 0.15) is 22.3 Å². The normalized spacial score (nSPS) is 13.1. The minimum Gasteiger partial charge on any atom is -0.457 e. The second-order valence-electron chi connectivity index (χ2n) is 16.4. The van der Waals surface area contributed by atoms with Crippen LogP contribution in [0.5, 0.6) is 11.5 Å². The van der Waals surface area contributed by atoms with E-state index in [9.17, 15) is 0 Å². The lowest BCUT2D eigenvalue weighted by Gasteiger charge is -2.39. The lowest BCUT2D eigenvalue weighted by molar-refractivity contribution is 0.436. The van der Waals surface area contributed by atoms with Crippen LogP contribution >= 0.6 is 0 Å². The van der Waals surface area contributed by atoms with Gasteiger partial charge < -0.3 is 4.74 Å². The molecule has 1 aliphatic heterocycles. The average Bonchev–Trinajstić information content (AvgIpc) is 3.64. The molecule has 1 spiro atoms. The average molecular weight is 789 g/mol. The molecule has 2 aliphatic rings. The number of hydrogen-bond donors (Lipinski definition) is 0. The van der Waals surface area contributed by atoms with Crippen LogP contribution in [0.25, 0.3) is 88.5 Å². The molecule has 288 valence electrons. The molecular formula is C59H36N2O. The molecule has 0 bridgehead atoms. The summed E-state index contributed by atoms with van der Waals surface area (Å²) in [5.41, 5.74) is 13.7. The molecule has 0 N–H and O–H groups in total. The van der Waals surface area contributed by atoms with Gasteiger partial charge in [-0.25, -0.2) is 9.97 Å². The Bertz CT molecular complexity index is 3550. The van der Waals surface area contributed by atoms with Gasteiger partial charge in [-0.1, -0.05) is 176 Å². The van der Waals surface area contributed by atoms with Crippen LogP contribution < -0.4 is 4.74 Å². The first kappa shape index (κ1) is 34.7. The van der Waals surface area contributed by atoms with Crippen molar-refractivity contribution < 1.29 is 4.74 Å². The number of rotatable bonds is 4. The van der Waals surface area contributed by atoms with Crippen LogP contribution in [0.3, 0.4) is 0 Å². The standard InChI is InChI=1S/C59H36N2O/c1-2-15-37(16-3-1)58-60-54(40-18-14-17-38(33-40)39-29-31-46-44-21-5-4-19-42(44)43-20-6-7-22-45(43)49(46)34-39)36-55(61-58)41-30-32-57-53(35-41)59(52-27-12-13-28-56(52)62-57)50-25-10-8-23-47(50)48-24-9-11-26-51(48)59/h1-36H. The van der Waals surface area contributed by atoms with E-state index in [1.54, 1.807) is 0 Å². The predicted octanol–water partition coefficient (Wildman–Crippen LogP) is 15.1. The van der Waals surface area contributed by atoms with Crippen molar-refractivity contribution in [1.82, 2.24) is 9.97 Å². The molecular weight excluding hydrogens is 753 g/mol. The van der Waals surface area contributed by atoms with Gasteiger partial charge in [-0.05, 0) is 108 Å². The number of nitrogens with zero attached hydrogens (tertiary/aromatic N) is 2. The molecule has 0 saturated heterocycles. The summed E-state index contributed by atoms with van der Waals surface area (Å²) in [6.07, 6.45) is 0. The van der Waals surface area contributed by atoms with E-state index in [4.69, 9.17) is 14.7 Å². The Morgan fingerprint density at radius 3 is 1.47 bits per heavy atom. The second-order valence-corrected chi connectivity index (χ2v) is 16.4. The summed E-state index contributed by atoms with van der Waals surface area (Å²) in [5.74, 6) is 2.40. The zero-order chi connectivity index (χ0) is 40.8. The van der Waals surface area contributed by atoms with Crippen molar-refractivity contribution in [3.05, 3.63) is 241 Å². The lowest BCUT2D eigenvalue weighted by atomic mass is 9.66. The Kier molecular flexibility index (Phi) is 7.52. The third kappa shape index (κ3) is 5.06. The summed E-state index contributed by atoms with van der Waals surface area (Å²) in [5, 5.41) is 7.60. The number of fused-ring (bicyclic) bond motifs is 15. The van der Waals surface area contributed by atoms with E-state index in [0.29, 0.717) is 5.82 Å². The van der Waals surface area contributed by atoms with Gasteiger partial charge in [0.05, 0.1) is 16.8 Å². The zero-order valence-electron chi connectivity index (χ0n) is 33.6. The zero-order valence-corrected chi connectivity index (χ0v) is 33.6. The van der Waals surface area contributed by atoms with E-state index in [1.165, 1.54) is 54.6 Å². The molecule has 1 aliphatic carbocycles. The molecule has 10 aromatic carbocycles. The topological polar surface area (TPSA) is 35.0 Å². The van der Waals surface area contributed by atoms with Crippen molar-refractivity contribution in [2.75, 3.05) is 0 Å². The predicted molar refractivity (Wildman–Crippen MR) is 254 cm³/mol. The Hall–Kier alpha value is -8.14. The van der Waals surface area contributed by atoms with Gasteiger partial charge in [0.2, 0.25) is 0 Å². The minimum atomic E-state index is -0.572. The Morgan fingerprint density at radius 1 is 0.290 bits per heavy atom. The summed E-state index contributed by atoms with van der Waals surface area (Å²) >= 11 is 0. The van der Waals surface area contributed by atoms with Crippen LogP contribution in [-0.2, 0) is 5.41 Å². The fourth-order valence-electron chi connectivity index (χ4n) is 10.4. The first-order valence-electron chi connectivity index (χ1n) is 21.2. The van der Waals surface area contributed by atoms with Crippen molar-refractivity contribution in [3.63, 3.8) is 0 Å². The highest BCUT2D eigenvalue weighted by Crippen LogP contribution is 2.62. The monoisotopic (exact) mass is 788 g/mol. The van der Waals surface area contributed by atoms with E-state index < -0.39 is 5.41 Å². The van der Waals surface area contributed by atoms with Crippen molar-refractivity contribution in [2.24, 2.45) is 0 Å². The fraction of sp³-hybridized carbons (Fsp3) is 0.0169. The molecule has 0 unspecified atom stereocenters. The third-order valence-electron chi connectivity index (χ3n) is 13.1. The molecule has 1 aromatic heterocycles. The Balaban J connectivity index is 0.991. The van der Waals surface area contributed by atoms with Crippen LogP contribution in [0.2, 0.25) is 0 Å². The summed E-state index contributed by atoms with van der Waals surface area (Å²) in [6, 6.07) is 78.4. The van der Waals surface area contributed by atoms with E-state index in [-0.39, 0.29) is 0 Å². The van der Waals surface area contributed by atoms with Crippen LogP contribution in [0, 0.1) is 0 Å². The number of para-hydroxylation sites is 1. The lowest BCUT2D eigenvalue weighted by Crippen LogP contribution is -2.32. The molecule has 3 nitrogen and oxygen atoms in total. The Labute approximate surface area is 359 Å². The fourth-order valence-corrected chi connectivity index (χ4v) is 10.4. The summed E-state index contributed by atoms with van der Waals surface area (Å²) in [4.78, 5) is 10.6. The highest BCUT2D eigenvalue weighted by Gasteiger charge is 2.51. The highest BCUT2D eigenvalue weighted by atomic mass is 16.5. The van der Waals surface area contributed by atoms with E-state index in [1.807, 2.05) is 18.2 Å². The van der Waals surface area contributed by atoms with Gasteiger partial charge >= 0.3 is 0 Å². The molecule has 0 fully saturated rings. The van der Waals surface area contributed by atoms with Gasteiger partial charge in [-0.15, -0.1) is 0 Å². The molecule has 0 saturated carbocycles. The maximum atomic E-state index is 6.77. The molecule has 0 radical (unpaired) electrons. The quantitative estimate of drug-likeness (QED) is 0.167. The van der Waals surface area contributed by atoms with Crippen LogP contribution in [0.4, 0.5) is 0 Å². The molecule has 3 heteroatoms. The van der Waals surface area contributed by atoms with Gasteiger partial charge in [-0.2, -0.15) is 0 Å². The first-order chi connectivity index (χ1) is 30.7. The van der Waals surface area contributed by atoms with Crippen LogP contribution in [-0.4, -0.2) is 9.97 Å². The van der Waals surface area contributed by atoms with Crippen molar-refractivity contribution in [2.45, 2.75) is 5.41 Å². The number of benzene rings is 10. The largest absolute Gasteiger partial charge is 0.457 e. The smallest absolute Gasteiger partial charge is 0.160 e. The number of aromatic nitrogens is 2. The Morgan fingerprint density at radius 2 is 0.774 bits per heavy atom. The summed E-state index contributed by atoms with van der Waals surface area (Å²) in [7, 11) is 0. The van der Waals surface area contributed by atoms with E-state index >= 15 is 0 Å². The van der Waals surface area contributed by atoms with Crippen molar-refractivity contribution >= 4 is 32.3 Å². The van der Waals surface area contributed by atoms with Gasteiger partial charge in [-0.3, -0.25) is 0 Å². The van der Waals surface area contributed by atoms with Gasteiger partial charge in [0.1, 0.15) is 11.5 Å². The van der Waals surface area contributed by atoms with Gasteiger partial charge in [0.25, 0.3) is 0 Å². The van der Waals surface area contributed by atoms with E-state index in [0.717, 1.165) is 61.8 Å². The summed E-state index contributed by atoms with van der Waals surface area (Å²) in [6.45, 7) is 0. The van der Waals surface area contributed by atoms with Gasteiger partial charge in [0.15, 0.2) is 5.82 Å². The molecule has 62 heavy (non-hydrogen) atoms. The van der Waals surface area contributed by atoms with Crippen molar-refractivity contribution in [3.8, 4) is 67.7 Å². The maximum Gasteiger partial charge on any atom is 0.160 e. The molecule has 11 aromatic rings. The highest BCUT2D eigenvalue weighted by molar-refractivity contribution is 6.25. The molecule has 2 heterocycles. The maximum absolute atomic E-state index is 6.77. The molecule has 0 atom stereocenters. The van der Waals surface area contributed by atoms with Crippen molar-refractivity contribution in [1.29, 1.82) is 0 Å². The second kappa shape index (κ2) is 13.4. The molecule has 13 rings (SSSR count). The minimum absolute atomic E-state index is 0.572. The van der Waals surface area contributed by atoms with E-state index in [2.05, 4.69) is 200 Å². The molecule has 0 amide bonds. The third-order valence-corrected chi connectivity index (χ3v) is 13.1.